The number of amides is 3. The molecule has 10 nitrogen and oxygen atoms in total. The molecule has 1 aromatic heterocycles. The molecule has 0 fully saturated rings. The lowest BCUT2D eigenvalue weighted by Crippen LogP contribution is -2.33. The summed E-state index contributed by atoms with van der Waals surface area (Å²) >= 11 is 0. The van der Waals surface area contributed by atoms with Crippen LogP contribution < -0.4 is 20.8 Å². The molecule has 3 amide bonds. The number of hydrogen-bond donors (Lipinski definition) is 3. The van der Waals surface area contributed by atoms with E-state index >= 15 is 0 Å². The van der Waals surface area contributed by atoms with E-state index in [4.69, 9.17) is 4.74 Å². The van der Waals surface area contributed by atoms with Gasteiger partial charge in [-0.1, -0.05) is 30.3 Å². The fourth-order valence-electron chi connectivity index (χ4n) is 4.21. The number of carbonyl (C=O) groups excluding carboxylic acids is 3. The van der Waals surface area contributed by atoms with Crippen LogP contribution in [-0.2, 0) is 9.59 Å². The van der Waals surface area contributed by atoms with Crippen LogP contribution in [-0.4, -0.2) is 40.3 Å². The second kappa shape index (κ2) is 13.7. The smallest absolute Gasteiger partial charge is 0.329 e. The van der Waals surface area contributed by atoms with Gasteiger partial charge in [0.25, 0.3) is 5.91 Å². The van der Waals surface area contributed by atoms with Crippen molar-refractivity contribution in [3.63, 3.8) is 0 Å². The highest BCUT2D eigenvalue weighted by Crippen LogP contribution is 2.23. The summed E-state index contributed by atoms with van der Waals surface area (Å²) in [6.07, 6.45) is 3.04. The molecule has 44 heavy (non-hydrogen) atoms. The summed E-state index contributed by atoms with van der Waals surface area (Å²) < 4.78 is 20.6. The van der Waals surface area contributed by atoms with Crippen LogP contribution in [0, 0.1) is 5.82 Å². The van der Waals surface area contributed by atoms with Gasteiger partial charge in [-0.15, -0.1) is 0 Å². The van der Waals surface area contributed by atoms with Crippen LogP contribution >= 0.6 is 0 Å². The zero-order valence-electron chi connectivity index (χ0n) is 23.5. The van der Waals surface area contributed by atoms with E-state index in [0.29, 0.717) is 34.9 Å². The molecule has 3 N–H and O–H groups in total. The zero-order valence-corrected chi connectivity index (χ0v) is 23.5. The quantitative estimate of drug-likeness (QED) is 0.120. The molecule has 1 heterocycles. The van der Waals surface area contributed by atoms with Crippen LogP contribution in [0.3, 0.4) is 0 Å². The van der Waals surface area contributed by atoms with Crippen LogP contribution in [0.25, 0.3) is 16.9 Å². The first kappa shape index (κ1) is 29.4. The SMILES string of the molecule is CCOc1ccc(NC(=O)c2ccccc2NC(=O)C(=O)N/N=C\c2cn(-c3ccccc3)nc2-c2ccc(F)cc2)cc1. The highest BCUT2D eigenvalue weighted by atomic mass is 19.1. The first-order valence-electron chi connectivity index (χ1n) is 13.6. The van der Waals surface area contributed by atoms with Gasteiger partial charge in [-0.3, -0.25) is 14.4 Å². The minimum Gasteiger partial charge on any atom is -0.494 e. The first-order valence-corrected chi connectivity index (χ1v) is 13.6. The second-order valence-electron chi connectivity index (χ2n) is 9.33. The third-order valence-corrected chi connectivity index (χ3v) is 6.30. The number of anilines is 2. The predicted molar refractivity (Wildman–Crippen MR) is 165 cm³/mol. The molecule has 0 atom stereocenters. The van der Waals surface area contributed by atoms with Gasteiger partial charge in [0.2, 0.25) is 0 Å². The van der Waals surface area contributed by atoms with Gasteiger partial charge in [0.05, 0.1) is 29.8 Å². The van der Waals surface area contributed by atoms with Crippen molar-refractivity contribution in [2.75, 3.05) is 17.2 Å². The Kier molecular flexibility index (Phi) is 9.16. The number of ether oxygens (including phenoxy) is 1. The van der Waals surface area contributed by atoms with E-state index in [1.165, 1.54) is 30.5 Å². The predicted octanol–water partition coefficient (Wildman–Crippen LogP) is 5.42. The molecule has 5 rings (SSSR count). The number of para-hydroxylation sites is 2. The number of hydrazone groups is 1. The number of rotatable bonds is 9. The molecule has 11 heteroatoms. The number of halogens is 1. The standard InChI is InChI=1S/C33H27FN6O4/c1-2-44-27-18-16-25(17-19-27)36-31(41)28-10-6-7-11-29(28)37-32(42)33(43)38-35-20-23-21-40(26-8-4-3-5-9-26)39-30(23)22-12-14-24(34)15-13-22/h3-21H,2H2,1H3,(H,36,41)(H,37,42)(H,38,43)/b35-20-. The topological polar surface area (TPSA) is 127 Å². The molecular formula is C33H27FN6O4. The molecule has 4 aromatic carbocycles. The molecule has 220 valence electrons. The van der Waals surface area contributed by atoms with Crippen molar-refractivity contribution in [1.29, 1.82) is 0 Å². The fraction of sp³-hybridized carbons (Fsp3) is 0.0606. The number of nitrogens with one attached hydrogen (secondary N) is 3. The van der Waals surface area contributed by atoms with E-state index in [9.17, 15) is 18.8 Å². The average Bonchev–Trinajstić information content (AvgIpc) is 3.47. The Balaban J connectivity index is 1.27. The van der Waals surface area contributed by atoms with Crippen LogP contribution in [0.1, 0.15) is 22.8 Å². The molecule has 0 unspecified atom stereocenters. The molecule has 5 aromatic rings. The van der Waals surface area contributed by atoms with Crippen LogP contribution in [0.2, 0.25) is 0 Å². The third-order valence-electron chi connectivity index (χ3n) is 6.30. The van der Waals surface area contributed by atoms with Gasteiger partial charge < -0.3 is 15.4 Å². The summed E-state index contributed by atoms with van der Waals surface area (Å²) in [6, 6.07) is 28.3. The number of aromatic nitrogens is 2. The summed E-state index contributed by atoms with van der Waals surface area (Å²) in [7, 11) is 0. The van der Waals surface area contributed by atoms with Gasteiger partial charge in [0, 0.05) is 23.0 Å². The maximum atomic E-state index is 13.5. The van der Waals surface area contributed by atoms with Crippen molar-refractivity contribution in [3.8, 4) is 22.7 Å². The van der Waals surface area contributed by atoms with Crippen molar-refractivity contribution >= 4 is 35.3 Å². The van der Waals surface area contributed by atoms with E-state index in [2.05, 4.69) is 26.3 Å². The first-order chi connectivity index (χ1) is 21.4. The lowest BCUT2D eigenvalue weighted by atomic mass is 10.1. The number of carbonyl (C=O) groups is 3. The highest BCUT2D eigenvalue weighted by molar-refractivity contribution is 6.40. The molecule has 0 aliphatic heterocycles. The van der Waals surface area contributed by atoms with Crippen LogP contribution in [0.4, 0.5) is 15.8 Å². The summed E-state index contributed by atoms with van der Waals surface area (Å²) in [5.74, 6) is -2.28. The normalized spacial score (nSPS) is 10.8. The molecule has 0 saturated heterocycles. The van der Waals surface area contributed by atoms with Crippen molar-refractivity contribution in [2.24, 2.45) is 5.10 Å². The molecule has 0 aliphatic rings. The Hall–Kier alpha value is -6.10. The molecule has 0 aliphatic carbocycles. The average molecular weight is 591 g/mol. The van der Waals surface area contributed by atoms with Crippen molar-refractivity contribution in [2.45, 2.75) is 6.92 Å². The monoisotopic (exact) mass is 590 g/mol. The second-order valence-corrected chi connectivity index (χ2v) is 9.33. The van der Waals surface area contributed by atoms with Gasteiger partial charge in [-0.2, -0.15) is 10.2 Å². The summed E-state index contributed by atoms with van der Waals surface area (Å²) in [4.78, 5) is 38.3. The zero-order chi connectivity index (χ0) is 30.9. The van der Waals surface area contributed by atoms with Crippen LogP contribution in [0.15, 0.2) is 114 Å². The summed E-state index contributed by atoms with van der Waals surface area (Å²) in [5, 5.41) is 13.8. The number of hydrogen-bond acceptors (Lipinski definition) is 6. The Labute approximate surface area is 252 Å². The fourth-order valence-corrected chi connectivity index (χ4v) is 4.21. The van der Waals surface area contributed by atoms with E-state index in [1.807, 2.05) is 37.3 Å². The maximum absolute atomic E-state index is 13.5. The Morgan fingerprint density at radius 3 is 2.30 bits per heavy atom. The maximum Gasteiger partial charge on any atom is 0.329 e. The molecule has 0 bridgehead atoms. The van der Waals surface area contributed by atoms with E-state index < -0.39 is 17.7 Å². The van der Waals surface area contributed by atoms with Crippen molar-refractivity contribution < 1.29 is 23.5 Å². The third kappa shape index (κ3) is 7.21. The van der Waals surface area contributed by atoms with Crippen LogP contribution in [0.5, 0.6) is 5.75 Å². The van der Waals surface area contributed by atoms with E-state index in [-0.39, 0.29) is 17.1 Å². The van der Waals surface area contributed by atoms with Crippen molar-refractivity contribution in [1.82, 2.24) is 15.2 Å². The van der Waals surface area contributed by atoms with Gasteiger partial charge in [0.15, 0.2) is 0 Å². The molecule has 0 radical (unpaired) electrons. The Morgan fingerprint density at radius 2 is 1.57 bits per heavy atom. The number of nitrogens with zero attached hydrogens (tertiary/aromatic N) is 3. The molecular weight excluding hydrogens is 563 g/mol. The Bertz CT molecular complexity index is 1800. The minimum absolute atomic E-state index is 0.141. The van der Waals surface area contributed by atoms with Gasteiger partial charge in [0.1, 0.15) is 17.3 Å². The largest absolute Gasteiger partial charge is 0.494 e. The summed E-state index contributed by atoms with van der Waals surface area (Å²) in [5.41, 5.74) is 5.44. The number of benzene rings is 4. The minimum atomic E-state index is -1.05. The lowest BCUT2D eigenvalue weighted by Gasteiger charge is -2.11. The van der Waals surface area contributed by atoms with Gasteiger partial charge >= 0.3 is 11.8 Å². The van der Waals surface area contributed by atoms with Gasteiger partial charge in [-0.05, 0) is 79.7 Å². The molecule has 0 spiro atoms. The Morgan fingerprint density at radius 1 is 0.864 bits per heavy atom. The van der Waals surface area contributed by atoms with Crippen molar-refractivity contribution in [3.05, 3.63) is 126 Å². The van der Waals surface area contributed by atoms with Gasteiger partial charge in [-0.25, -0.2) is 14.5 Å². The summed E-state index contributed by atoms with van der Waals surface area (Å²) in [6.45, 7) is 2.40. The highest BCUT2D eigenvalue weighted by Gasteiger charge is 2.18. The lowest BCUT2D eigenvalue weighted by molar-refractivity contribution is -0.136. The van der Waals surface area contributed by atoms with E-state index in [0.717, 1.165) is 5.69 Å². The molecule has 0 saturated carbocycles. The van der Waals surface area contributed by atoms with E-state index in [1.54, 1.807) is 59.4 Å².